The lowest BCUT2D eigenvalue weighted by Crippen LogP contribution is -2.30. The van der Waals surface area contributed by atoms with Gasteiger partial charge in [0.2, 0.25) is 10.0 Å². The highest BCUT2D eigenvalue weighted by Gasteiger charge is 2.16. The first-order valence-electron chi connectivity index (χ1n) is 7.39. The molecule has 24 heavy (non-hydrogen) atoms. The molecule has 0 saturated carbocycles. The molecular weight excluding hydrogens is 331 g/mol. The maximum atomic E-state index is 13.3. The maximum absolute atomic E-state index is 13.3. The Morgan fingerprint density at radius 3 is 2.29 bits per heavy atom. The van der Waals surface area contributed by atoms with E-state index in [1.165, 1.54) is 36.4 Å². The van der Waals surface area contributed by atoms with Crippen molar-refractivity contribution in [3.05, 3.63) is 59.4 Å². The van der Waals surface area contributed by atoms with Gasteiger partial charge in [0, 0.05) is 17.3 Å². The zero-order valence-electron chi connectivity index (χ0n) is 13.6. The number of hydrogen-bond acceptors (Lipinski definition) is 3. The Bertz CT molecular complexity index is 847. The van der Waals surface area contributed by atoms with Crippen LogP contribution in [0.15, 0.2) is 47.4 Å². The smallest absolute Gasteiger partial charge is 0.255 e. The van der Waals surface area contributed by atoms with Gasteiger partial charge in [-0.2, -0.15) is 0 Å². The molecule has 0 spiro atoms. The van der Waals surface area contributed by atoms with Crippen LogP contribution in [0.3, 0.4) is 0 Å². The summed E-state index contributed by atoms with van der Waals surface area (Å²) in [6, 6.07) is 9.44. The van der Waals surface area contributed by atoms with E-state index in [-0.39, 0.29) is 16.5 Å². The highest BCUT2D eigenvalue weighted by Crippen LogP contribution is 2.18. The van der Waals surface area contributed by atoms with Crippen LogP contribution in [-0.2, 0) is 10.0 Å². The molecule has 2 N–H and O–H groups in total. The molecule has 5 nitrogen and oxygen atoms in total. The summed E-state index contributed by atoms with van der Waals surface area (Å²) in [6.45, 7) is 5.20. The molecule has 0 aliphatic heterocycles. The summed E-state index contributed by atoms with van der Waals surface area (Å²) in [5.74, 6) is -0.887. The Morgan fingerprint density at radius 1 is 1.08 bits per heavy atom. The van der Waals surface area contributed by atoms with E-state index >= 15 is 0 Å². The third-order valence-electron chi connectivity index (χ3n) is 3.27. The number of aryl methyl sites for hydroxylation is 1. The van der Waals surface area contributed by atoms with Crippen molar-refractivity contribution in [2.45, 2.75) is 31.7 Å². The zero-order chi connectivity index (χ0) is 17.9. The zero-order valence-corrected chi connectivity index (χ0v) is 14.4. The number of sulfonamides is 1. The Hall–Kier alpha value is -2.25. The molecule has 0 aliphatic rings. The fourth-order valence-corrected chi connectivity index (χ4v) is 3.34. The maximum Gasteiger partial charge on any atom is 0.255 e. The Labute approximate surface area is 141 Å². The summed E-state index contributed by atoms with van der Waals surface area (Å²) in [5, 5.41) is 2.61. The van der Waals surface area contributed by atoms with Gasteiger partial charge in [0.15, 0.2) is 0 Å². The second-order valence-electron chi connectivity index (χ2n) is 5.71. The van der Waals surface area contributed by atoms with Crippen LogP contribution < -0.4 is 10.0 Å². The number of carbonyl (C=O) groups excluding carboxylic acids is 1. The Kier molecular flexibility index (Phi) is 5.36. The molecule has 2 aromatic carbocycles. The summed E-state index contributed by atoms with van der Waals surface area (Å²) in [5.41, 5.74) is 1.38. The molecule has 0 aromatic heterocycles. The summed E-state index contributed by atoms with van der Waals surface area (Å²) in [7, 11) is -3.60. The van der Waals surface area contributed by atoms with Crippen LogP contribution in [0.4, 0.5) is 10.1 Å². The van der Waals surface area contributed by atoms with Gasteiger partial charge in [-0.05, 0) is 62.7 Å². The summed E-state index contributed by atoms with van der Waals surface area (Å²) < 4.78 is 39.8. The van der Waals surface area contributed by atoms with Crippen molar-refractivity contribution < 1.29 is 17.6 Å². The van der Waals surface area contributed by atoms with Gasteiger partial charge in [-0.1, -0.05) is 6.07 Å². The van der Waals surface area contributed by atoms with Crippen molar-refractivity contribution >= 4 is 21.6 Å². The van der Waals surface area contributed by atoms with Crippen LogP contribution in [-0.4, -0.2) is 20.4 Å². The molecule has 0 atom stereocenters. The first-order valence-corrected chi connectivity index (χ1v) is 8.87. The van der Waals surface area contributed by atoms with Gasteiger partial charge in [0.25, 0.3) is 5.91 Å². The molecule has 0 saturated heterocycles. The van der Waals surface area contributed by atoms with Crippen LogP contribution in [0.2, 0.25) is 0 Å². The van der Waals surface area contributed by atoms with Gasteiger partial charge in [0.1, 0.15) is 5.82 Å². The van der Waals surface area contributed by atoms with Crippen molar-refractivity contribution in [2.75, 3.05) is 5.32 Å². The molecule has 0 aliphatic carbocycles. The van der Waals surface area contributed by atoms with Crippen molar-refractivity contribution in [1.29, 1.82) is 0 Å². The standard InChI is InChI=1S/C17H19FN2O3S/c1-11(2)20-24(22,23)15-8-5-13(6-9-15)17(21)19-16-10-14(18)7-4-12(16)3/h4-11,20H,1-3H3,(H,19,21). The quantitative estimate of drug-likeness (QED) is 0.870. The predicted molar refractivity (Wildman–Crippen MR) is 91.0 cm³/mol. The number of halogens is 1. The molecule has 0 heterocycles. The predicted octanol–water partition coefficient (Wildman–Crippen LogP) is 3.07. The minimum atomic E-state index is -3.60. The van der Waals surface area contributed by atoms with E-state index in [9.17, 15) is 17.6 Å². The van der Waals surface area contributed by atoms with Gasteiger partial charge >= 0.3 is 0 Å². The number of nitrogens with one attached hydrogen (secondary N) is 2. The molecule has 2 rings (SSSR count). The van der Waals surface area contributed by atoms with E-state index in [0.29, 0.717) is 5.69 Å². The molecule has 0 fully saturated rings. The van der Waals surface area contributed by atoms with Gasteiger partial charge in [-0.15, -0.1) is 0 Å². The summed E-state index contributed by atoms with van der Waals surface area (Å²) >= 11 is 0. The first-order chi connectivity index (χ1) is 11.2. The first kappa shape index (κ1) is 18.1. The lowest BCUT2D eigenvalue weighted by molar-refractivity contribution is 0.102. The number of benzene rings is 2. The Morgan fingerprint density at radius 2 is 1.71 bits per heavy atom. The second kappa shape index (κ2) is 7.11. The molecule has 0 bridgehead atoms. The van der Waals surface area contributed by atoms with Crippen LogP contribution in [0, 0.1) is 12.7 Å². The molecule has 0 unspecified atom stereocenters. The molecule has 0 radical (unpaired) electrons. The SMILES string of the molecule is Cc1ccc(F)cc1NC(=O)c1ccc(S(=O)(=O)NC(C)C)cc1. The van der Waals surface area contributed by atoms with Crippen LogP contribution >= 0.6 is 0 Å². The largest absolute Gasteiger partial charge is 0.322 e. The normalized spacial score (nSPS) is 11.5. The highest BCUT2D eigenvalue weighted by atomic mass is 32.2. The average molecular weight is 350 g/mol. The molecule has 128 valence electrons. The molecule has 7 heteroatoms. The monoisotopic (exact) mass is 350 g/mol. The van der Waals surface area contributed by atoms with Gasteiger partial charge in [-0.25, -0.2) is 17.5 Å². The van der Waals surface area contributed by atoms with E-state index in [1.54, 1.807) is 26.8 Å². The lowest BCUT2D eigenvalue weighted by Gasteiger charge is -2.11. The minimum Gasteiger partial charge on any atom is -0.322 e. The fourth-order valence-electron chi connectivity index (χ4n) is 2.09. The Balaban J connectivity index is 2.18. The average Bonchev–Trinajstić information content (AvgIpc) is 2.50. The van der Waals surface area contributed by atoms with Crippen molar-refractivity contribution in [3.8, 4) is 0 Å². The van der Waals surface area contributed by atoms with Gasteiger partial charge < -0.3 is 5.32 Å². The summed E-state index contributed by atoms with van der Waals surface area (Å²) in [4.78, 5) is 12.3. The fraction of sp³-hybridized carbons (Fsp3) is 0.235. The van der Waals surface area contributed by atoms with E-state index in [2.05, 4.69) is 10.0 Å². The van der Waals surface area contributed by atoms with Crippen molar-refractivity contribution in [1.82, 2.24) is 4.72 Å². The molecular formula is C17H19FN2O3S. The van der Waals surface area contributed by atoms with E-state index in [4.69, 9.17) is 0 Å². The number of rotatable bonds is 5. The second-order valence-corrected chi connectivity index (χ2v) is 7.43. The van der Waals surface area contributed by atoms with Crippen LogP contribution in [0.1, 0.15) is 29.8 Å². The minimum absolute atomic E-state index is 0.0784. The summed E-state index contributed by atoms with van der Waals surface area (Å²) in [6.07, 6.45) is 0. The molecule has 2 aromatic rings. The van der Waals surface area contributed by atoms with E-state index < -0.39 is 21.7 Å². The topological polar surface area (TPSA) is 75.3 Å². The highest BCUT2D eigenvalue weighted by molar-refractivity contribution is 7.89. The number of carbonyl (C=O) groups is 1. The van der Waals surface area contributed by atoms with Crippen molar-refractivity contribution in [2.24, 2.45) is 0 Å². The molecule has 1 amide bonds. The lowest BCUT2D eigenvalue weighted by atomic mass is 10.1. The van der Waals surface area contributed by atoms with Gasteiger partial charge in [0.05, 0.1) is 4.90 Å². The van der Waals surface area contributed by atoms with E-state index in [1.807, 2.05) is 0 Å². The van der Waals surface area contributed by atoms with E-state index in [0.717, 1.165) is 5.56 Å². The van der Waals surface area contributed by atoms with Crippen molar-refractivity contribution in [3.63, 3.8) is 0 Å². The third kappa shape index (κ3) is 4.39. The van der Waals surface area contributed by atoms with Gasteiger partial charge in [-0.3, -0.25) is 4.79 Å². The number of anilines is 1. The third-order valence-corrected chi connectivity index (χ3v) is 4.94. The van der Waals surface area contributed by atoms with Crippen LogP contribution in [0.5, 0.6) is 0 Å². The number of amides is 1. The number of hydrogen-bond donors (Lipinski definition) is 2. The van der Waals surface area contributed by atoms with Crippen LogP contribution in [0.25, 0.3) is 0 Å².